The lowest BCUT2D eigenvalue weighted by Crippen LogP contribution is -2.05. The van der Waals surface area contributed by atoms with Crippen molar-refractivity contribution in [1.82, 2.24) is 14.8 Å². The Morgan fingerprint density at radius 3 is 2.81 bits per heavy atom. The van der Waals surface area contributed by atoms with E-state index < -0.39 is 10.8 Å². The summed E-state index contributed by atoms with van der Waals surface area (Å²) in [6, 6.07) is 14.8. The standard InChI is InChI=1S/C16H17N3OS/c1-21(20)16-18-17-12-19(16)11-5-9-14-8-4-7-13-6-2-3-10-15(13)14/h2-4,6-8,10,12H,5,9,11H2,1H3/t21-/m0/s1. The van der Waals surface area contributed by atoms with E-state index in [2.05, 4.69) is 52.7 Å². The van der Waals surface area contributed by atoms with E-state index in [9.17, 15) is 4.21 Å². The van der Waals surface area contributed by atoms with Gasteiger partial charge in [0.15, 0.2) is 0 Å². The number of rotatable bonds is 5. The molecule has 3 rings (SSSR count). The number of hydrogen-bond donors (Lipinski definition) is 0. The molecular weight excluding hydrogens is 282 g/mol. The first-order valence-corrected chi connectivity index (χ1v) is 8.49. The van der Waals surface area contributed by atoms with Crippen LogP contribution in [0.15, 0.2) is 53.9 Å². The second-order valence-electron chi connectivity index (χ2n) is 5.00. The molecule has 1 atom stereocenters. The number of benzene rings is 2. The van der Waals surface area contributed by atoms with Crippen LogP contribution in [0.5, 0.6) is 0 Å². The highest BCUT2D eigenvalue weighted by Crippen LogP contribution is 2.20. The highest BCUT2D eigenvalue weighted by Gasteiger charge is 2.07. The zero-order valence-corrected chi connectivity index (χ0v) is 12.7. The Kier molecular flexibility index (Phi) is 4.10. The Bertz CT molecular complexity index is 777. The van der Waals surface area contributed by atoms with Crippen LogP contribution in [0, 0.1) is 0 Å². The molecule has 5 heteroatoms. The van der Waals surface area contributed by atoms with Gasteiger partial charge in [0.25, 0.3) is 0 Å². The molecule has 0 N–H and O–H groups in total. The zero-order valence-electron chi connectivity index (χ0n) is 11.9. The van der Waals surface area contributed by atoms with E-state index in [0.29, 0.717) is 5.16 Å². The van der Waals surface area contributed by atoms with E-state index in [1.807, 2.05) is 4.57 Å². The molecule has 0 aliphatic heterocycles. The van der Waals surface area contributed by atoms with Crippen molar-refractivity contribution in [3.8, 4) is 0 Å². The van der Waals surface area contributed by atoms with Crippen LogP contribution in [0.1, 0.15) is 12.0 Å². The summed E-state index contributed by atoms with van der Waals surface area (Å²) in [6.07, 6.45) is 5.23. The summed E-state index contributed by atoms with van der Waals surface area (Å²) in [5, 5.41) is 10.9. The maximum Gasteiger partial charge on any atom is 0.221 e. The first-order chi connectivity index (χ1) is 10.3. The minimum absolute atomic E-state index is 0.549. The quantitative estimate of drug-likeness (QED) is 0.728. The molecule has 4 nitrogen and oxygen atoms in total. The summed E-state index contributed by atoms with van der Waals surface area (Å²) in [4.78, 5) is 0. The SMILES string of the molecule is C[S@](=O)c1nncn1CCCc1cccc2ccccc12. The molecular formula is C16H17N3OS. The van der Waals surface area contributed by atoms with Gasteiger partial charge >= 0.3 is 0 Å². The van der Waals surface area contributed by atoms with Gasteiger partial charge in [-0.25, -0.2) is 0 Å². The van der Waals surface area contributed by atoms with Crippen LogP contribution < -0.4 is 0 Å². The van der Waals surface area contributed by atoms with Crippen LogP contribution in [0.25, 0.3) is 10.8 Å². The fourth-order valence-corrected chi connectivity index (χ4v) is 3.20. The molecule has 0 aliphatic carbocycles. The van der Waals surface area contributed by atoms with Crippen LogP contribution >= 0.6 is 0 Å². The van der Waals surface area contributed by atoms with E-state index in [4.69, 9.17) is 0 Å². The molecule has 2 aromatic carbocycles. The van der Waals surface area contributed by atoms with E-state index >= 15 is 0 Å². The molecule has 1 heterocycles. The van der Waals surface area contributed by atoms with E-state index in [1.165, 1.54) is 16.3 Å². The highest BCUT2D eigenvalue weighted by atomic mass is 32.2. The van der Waals surface area contributed by atoms with Gasteiger partial charge in [-0.3, -0.25) is 4.21 Å². The van der Waals surface area contributed by atoms with Crippen LogP contribution in [-0.2, 0) is 23.8 Å². The summed E-state index contributed by atoms with van der Waals surface area (Å²) in [5.74, 6) is 0. The van der Waals surface area contributed by atoms with Crippen LogP contribution in [-0.4, -0.2) is 25.2 Å². The van der Waals surface area contributed by atoms with Gasteiger partial charge in [0.2, 0.25) is 5.16 Å². The van der Waals surface area contributed by atoms with E-state index in [-0.39, 0.29) is 0 Å². The Balaban J connectivity index is 1.72. The molecule has 0 spiro atoms. The molecule has 0 unspecified atom stereocenters. The predicted octanol–water partition coefficient (Wildman–Crippen LogP) is 2.80. The Morgan fingerprint density at radius 2 is 1.95 bits per heavy atom. The monoisotopic (exact) mass is 299 g/mol. The maximum atomic E-state index is 11.5. The Hall–Kier alpha value is -2.01. The second kappa shape index (κ2) is 6.18. The van der Waals surface area contributed by atoms with Crippen molar-refractivity contribution in [2.45, 2.75) is 24.5 Å². The van der Waals surface area contributed by atoms with Crippen LogP contribution in [0.4, 0.5) is 0 Å². The molecule has 0 radical (unpaired) electrons. The molecule has 21 heavy (non-hydrogen) atoms. The molecule has 1 aromatic heterocycles. The van der Waals surface area contributed by atoms with Crippen molar-refractivity contribution in [3.05, 3.63) is 54.4 Å². The second-order valence-corrected chi connectivity index (χ2v) is 6.28. The van der Waals surface area contributed by atoms with Crippen molar-refractivity contribution in [2.24, 2.45) is 0 Å². The van der Waals surface area contributed by atoms with Gasteiger partial charge in [0.05, 0.1) is 10.8 Å². The molecule has 0 saturated carbocycles. The Labute approximate surface area is 126 Å². The third-order valence-electron chi connectivity index (χ3n) is 3.56. The smallest absolute Gasteiger partial charge is 0.221 e. The van der Waals surface area contributed by atoms with Crippen molar-refractivity contribution < 1.29 is 4.21 Å². The molecule has 0 amide bonds. The third-order valence-corrected chi connectivity index (χ3v) is 4.39. The van der Waals surface area contributed by atoms with Gasteiger partial charge in [-0.2, -0.15) is 0 Å². The predicted molar refractivity (Wildman–Crippen MR) is 84.6 cm³/mol. The molecule has 0 fully saturated rings. The lowest BCUT2D eigenvalue weighted by Gasteiger charge is -2.08. The summed E-state index contributed by atoms with van der Waals surface area (Å²) in [6.45, 7) is 0.783. The average molecular weight is 299 g/mol. The fraction of sp³-hybridized carbons (Fsp3) is 0.250. The van der Waals surface area contributed by atoms with Gasteiger partial charge in [-0.1, -0.05) is 42.5 Å². The minimum atomic E-state index is -1.09. The van der Waals surface area contributed by atoms with Gasteiger partial charge in [0, 0.05) is 12.8 Å². The van der Waals surface area contributed by atoms with E-state index in [0.717, 1.165) is 19.4 Å². The third kappa shape index (κ3) is 3.03. The highest BCUT2D eigenvalue weighted by molar-refractivity contribution is 7.84. The number of aromatic nitrogens is 3. The molecule has 0 saturated heterocycles. The van der Waals surface area contributed by atoms with Gasteiger partial charge < -0.3 is 4.57 Å². The number of hydrogen-bond acceptors (Lipinski definition) is 3. The average Bonchev–Trinajstić information content (AvgIpc) is 2.96. The lowest BCUT2D eigenvalue weighted by molar-refractivity contribution is 0.585. The topological polar surface area (TPSA) is 47.8 Å². The van der Waals surface area contributed by atoms with E-state index in [1.54, 1.807) is 12.6 Å². The van der Waals surface area contributed by atoms with Crippen molar-refractivity contribution in [1.29, 1.82) is 0 Å². The maximum absolute atomic E-state index is 11.5. The molecule has 0 aliphatic rings. The summed E-state index contributed by atoms with van der Waals surface area (Å²) < 4.78 is 13.4. The van der Waals surface area contributed by atoms with Crippen LogP contribution in [0.2, 0.25) is 0 Å². The first-order valence-electron chi connectivity index (χ1n) is 6.93. The lowest BCUT2D eigenvalue weighted by atomic mass is 10.0. The van der Waals surface area contributed by atoms with Crippen molar-refractivity contribution in [2.75, 3.05) is 6.26 Å². The molecule has 3 aromatic rings. The summed E-state index contributed by atoms with van der Waals surface area (Å²) >= 11 is 0. The van der Waals surface area contributed by atoms with Gasteiger partial charge in [-0.15, -0.1) is 10.2 Å². The first kappa shape index (κ1) is 13.9. The molecule has 108 valence electrons. The largest absolute Gasteiger partial charge is 0.307 e. The number of fused-ring (bicyclic) bond motifs is 1. The van der Waals surface area contributed by atoms with Gasteiger partial charge in [0.1, 0.15) is 6.33 Å². The number of nitrogens with zero attached hydrogens (tertiary/aromatic N) is 3. The summed E-state index contributed by atoms with van der Waals surface area (Å²) in [5.41, 5.74) is 1.35. The minimum Gasteiger partial charge on any atom is -0.307 e. The number of aryl methyl sites for hydroxylation is 2. The normalized spacial score (nSPS) is 12.6. The van der Waals surface area contributed by atoms with Crippen molar-refractivity contribution in [3.63, 3.8) is 0 Å². The summed E-state index contributed by atoms with van der Waals surface area (Å²) in [7, 11) is -1.09. The fourth-order valence-electron chi connectivity index (χ4n) is 2.57. The van der Waals surface area contributed by atoms with Crippen LogP contribution in [0.3, 0.4) is 0 Å². The van der Waals surface area contributed by atoms with Crippen molar-refractivity contribution >= 4 is 21.6 Å². The Morgan fingerprint density at radius 1 is 1.14 bits per heavy atom. The molecule has 0 bridgehead atoms. The zero-order chi connectivity index (χ0) is 14.7. The van der Waals surface area contributed by atoms with Gasteiger partial charge in [-0.05, 0) is 29.2 Å².